The van der Waals surface area contributed by atoms with Gasteiger partial charge in [0.2, 0.25) is 0 Å². The lowest BCUT2D eigenvalue weighted by molar-refractivity contribution is -0.165. The van der Waals surface area contributed by atoms with Crippen LogP contribution in [0.15, 0.2) is 0 Å². The molecule has 0 bridgehead atoms. The number of rotatable bonds is 7. The van der Waals surface area contributed by atoms with Gasteiger partial charge < -0.3 is 18.9 Å². The Bertz CT molecular complexity index is 712. The highest BCUT2D eigenvalue weighted by molar-refractivity contribution is 7.86. The minimum atomic E-state index is -4.37. The van der Waals surface area contributed by atoms with E-state index in [9.17, 15) is 21.4 Å². The molecular formula is C14H26O10S2. The number of hydrogen-bond acceptors (Lipinski definition) is 9. The molecule has 0 aromatic rings. The van der Waals surface area contributed by atoms with Gasteiger partial charge in [0, 0.05) is 5.92 Å². The summed E-state index contributed by atoms with van der Waals surface area (Å²) in [4.78, 5) is 0. The lowest BCUT2D eigenvalue weighted by Gasteiger charge is -2.30. The fourth-order valence-corrected chi connectivity index (χ4v) is 4.40. The maximum absolute atomic E-state index is 11.5. The minimum absolute atomic E-state index is 0.0904. The summed E-state index contributed by atoms with van der Waals surface area (Å²) in [7, 11) is -8.10. The van der Waals surface area contributed by atoms with Crippen LogP contribution in [0.1, 0.15) is 27.7 Å². The Balaban J connectivity index is 2.27. The highest BCUT2D eigenvalue weighted by Gasteiger charge is 2.51. The van der Waals surface area contributed by atoms with Gasteiger partial charge in [-0.05, 0) is 27.7 Å². The maximum Gasteiger partial charge on any atom is 0.265 e. The van der Waals surface area contributed by atoms with E-state index in [1.54, 1.807) is 27.7 Å². The van der Waals surface area contributed by atoms with Gasteiger partial charge in [-0.1, -0.05) is 0 Å². The highest BCUT2D eigenvalue weighted by atomic mass is 32.2. The normalized spacial score (nSPS) is 32.6. The van der Waals surface area contributed by atoms with Crippen LogP contribution in [0.3, 0.4) is 0 Å². The summed E-state index contributed by atoms with van der Waals surface area (Å²) in [6.07, 6.45) is -1.57. The summed E-state index contributed by atoms with van der Waals surface area (Å²) in [5, 5.41) is 0. The Labute approximate surface area is 154 Å². The van der Waals surface area contributed by atoms with Gasteiger partial charge in [-0.15, -0.1) is 0 Å². The molecule has 2 aliphatic heterocycles. The van der Waals surface area contributed by atoms with Gasteiger partial charge in [-0.2, -0.15) is 16.8 Å². The third-order valence-electron chi connectivity index (χ3n) is 4.00. The zero-order chi connectivity index (χ0) is 20.0. The molecule has 0 aromatic carbocycles. The van der Waals surface area contributed by atoms with Crippen molar-refractivity contribution in [1.82, 2.24) is 0 Å². The van der Waals surface area contributed by atoms with Gasteiger partial charge in [0.05, 0.1) is 37.4 Å². The molecule has 2 fully saturated rings. The summed E-state index contributed by atoms with van der Waals surface area (Å²) in [6, 6.07) is 0. The molecule has 2 rings (SSSR count). The van der Waals surface area contributed by atoms with Crippen molar-refractivity contribution >= 4 is 20.2 Å². The predicted octanol–water partition coefficient (Wildman–Crippen LogP) is 0.138. The fraction of sp³-hybridized carbons (Fsp3) is 1.00. The van der Waals surface area contributed by atoms with Crippen molar-refractivity contribution in [1.29, 1.82) is 0 Å². The average molecular weight is 418 g/mol. The summed E-state index contributed by atoms with van der Waals surface area (Å²) in [6.45, 7) is 6.32. The predicted molar refractivity (Wildman–Crippen MR) is 89.4 cm³/mol. The first-order chi connectivity index (χ1) is 11.6. The van der Waals surface area contributed by atoms with Crippen LogP contribution in [-0.2, 0) is 43.4 Å². The van der Waals surface area contributed by atoms with Crippen molar-refractivity contribution < 1.29 is 44.5 Å². The quantitative estimate of drug-likeness (QED) is 0.449. The zero-order valence-corrected chi connectivity index (χ0v) is 17.0. The van der Waals surface area contributed by atoms with Gasteiger partial charge >= 0.3 is 0 Å². The Morgan fingerprint density at radius 1 is 1.08 bits per heavy atom. The molecule has 0 radical (unpaired) electrons. The van der Waals surface area contributed by atoms with Crippen LogP contribution in [0, 0.1) is 5.92 Å². The van der Waals surface area contributed by atoms with E-state index in [0.717, 1.165) is 6.26 Å². The smallest absolute Gasteiger partial charge is 0.265 e. The summed E-state index contributed by atoms with van der Waals surface area (Å²) < 4.78 is 82.6. The first-order valence-corrected chi connectivity index (χ1v) is 11.5. The molecule has 0 amide bonds. The molecule has 10 nitrogen and oxygen atoms in total. The van der Waals surface area contributed by atoms with Crippen LogP contribution >= 0.6 is 0 Å². The van der Waals surface area contributed by atoms with E-state index in [1.807, 2.05) is 0 Å². The Kier molecular flexibility index (Phi) is 6.12. The molecule has 12 heteroatoms. The SMILES string of the molecule is CC1(C)OCC(C(CS(=O)(=O)O)[C@@H]2OC(C)(C)O[C@H]2COS(C)(=O)=O)O1. The molecule has 0 aliphatic carbocycles. The molecule has 2 heterocycles. The van der Waals surface area contributed by atoms with Crippen LogP contribution < -0.4 is 0 Å². The van der Waals surface area contributed by atoms with Gasteiger partial charge in [0.1, 0.15) is 6.10 Å². The van der Waals surface area contributed by atoms with Gasteiger partial charge in [-0.25, -0.2) is 0 Å². The highest BCUT2D eigenvalue weighted by Crippen LogP contribution is 2.38. The lowest BCUT2D eigenvalue weighted by atomic mass is 9.94. The molecule has 154 valence electrons. The van der Waals surface area contributed by atoms with E-state index in [1.165, 1.54) is 0 Å². The van der Waals surface area contributed by atoms with Crippen LogP contribution in [0.4, 0.5) is 0 Å². The molecule has 2 aliphatic rings. The molecule has 0 spiro atoms. The maximum atomic E-state index is 11.5. The summed E-state index contributed by atoms with van der Waals surface area (Å²) in [5.74, 6) is -3.53. The van der Waals surface area contributed by atoms with Crippen LogP contribution in [0.2, 0.25) is 0 Å². The standard InChI is InChI=1S/C14H26O10S2/c1-13(2)20-6-10(22-13)9(8-26(17,18)19)12-11(7-21-25(5,15)16)23-14(3,4)24-12/h9-12H,6-8H2,1-5H3,(H,17,18,19)/t9?,10?,11-,12-/m0/s1. The Hall–Kier alpha value is -0.340. The molecule has 26 heavy (non-hydrogen) atoms. The van der Waals surface area contributed by atoms with Crippen molar-refractivity contribution in [3.8, 4) is 0 Å². The molecule has 0 saturated carbocycles. The largest absolute Gasteiger partial charge is 0.348 e. The first-order valence-electron chi connectivity index (χ1n) is 8.04. The van der Waals surface area contributed by atoms with Gasteiger partial charge in [-0.3, -0.25) is 8.74 Å². The molecule has 4 atom stereocenters. The van der Waals surface area contributed by atoms with E-state index in [-0.39, 0.29) is 13.2 Å². The van der Waals surface area contributed by atoms with Crippen LogP contribution in [0.5, 0.6) is 0 Å². The molecule has 1 N–H and O–H groups in total. The lowest BCUT2D eigenvalue weighted by Crippen LogP contribution is -2.45. The second kappa shape index (κ2) is 7.24. The van der Waals surface area contributed by atoms with Crippen molar-refractivity contribution in [2.24, 2.45) is 5.92 Å². The van der Waals surface area contributed by atoms with E-state index < -0.39 is 61.8 Å². The number of hydrogen-bond donors (Lipinski definition) is 1. The Morgan fingerprint density at radius 3 is 2.15 bits per heavy atom. The average Bonchev–Trinajstić information content (AvgIpc) is 2.91. The minimum Gasteiger partial charge on any atom is -0.348 e. The van der Waals surface area contributed by atoms with Gasteiger partial charge in [0.15, 0.2) is 11.6 Å². The second-order valence-electron chi connectivity index (χ2n) is 7.41. The number of ether oxygens (including phenoxy) is 4. The van der Waals surface area contributed by atoms with E-state index in [4.69, 9.17) is 23.1 Å². The van der Waals surface area contributed by atoms with E-state index >= 15 is 0 Å². The molecule has 0 aromatic heterocycles. The summed E-state index contributed by atoms with van der Waals surface area (Å²) in [5.41, 5.74) is 0. The monoisotopic (exact) mass is 418 g/mol. The second-order valence-corrected chi connectivity index (χ2v) is 10.5. The first kappa shape index (κ1) is 22.0. The van der Waals surface area contributed by atoms with Crippen LogP contribution in [-0.4, -0.2) is 76.5 Å². The zero-order valence-electron chi connectivity index (χ0n) is 15.4. The third kappa shape index (κ3) is 6.37. The third-order valence-corrected chi connectivity index (χ3v) is 5.37. The molecular weight excluding hydrogens is 392 g/mol. The van der Waals surface area contributed by atoms with E-state index in [2.05, 4.69) is 0 Å². The van der Waals surface area contributed by atoms with Crippen molar-refractivity contribution in [3.63, 3.8) is 0 Å². The molecule has 2 saturated heterocycles. The Morgan fingerprint density at radius 2 is 1.69 bits per heavy atom. The van der Waals surface area contributed by atoms with Crippen molar-refractivity contribution in [2.75, 3.05) is 25.2 Å². The van der Waals surface area contributed by atoms with Crippen molar-refractivity contribution in [2.45, 2.75) is 57.6 Å². The fourth-order valence-electron chi connectivity index (χ4n) is 3.13. The van der Waals surface area contributed by atoms with E-state index in [0.29, 0.717) is 0 Å². The van der Waals surface area contributed by atoms with Gasteiger partial charge in [0.25, 0.3) is 20.2 Å². The molecule has 2 unspecified atom stereocenters. The van der Waals surface area contributed by atoms with Crippen molar-refractivity contribution in [3.05, 3.63) is 0 Å². The topological polar surface area (TPSA) is 135 Å². The summed E-state index contributed by atoms with van der Waals surface area (Å²) >= 11 is 0. The van der Waals surface area contributed by atoms with Crippen LogP contribution in [0.25, 0.3) is 0 Å².